The Balaban J connectivity index is 1.83. The molecule has 1 unspecified atom stereocenters. The summed E-state index contributed by atoms with van der Waals surface area (Å²) in [5.74, 6) is -0.382. The van der Waals surface area contributed by atoms with Crippen molar-refractivity contribution in [3.8, 4) is 0 Å². The molecule has 1 aliphatic rings. The zero-order valence-corrected chi connectivity index (χ0v) is 17.1. The van der Waals surface area contributed by atoms with Crippen LogP contribution in [0.25, 0.3) is 0 Å². The first-order valence-electron chi connectivity index (χ1n) is 9.51. The molecule has 1 saturated heterocycles. The number of hydrogen-bond donors (Lipinski definition) is 1. The number of piperidine rings is 1. The van der Waals surface area contributed by atoms with E-state index in [0.29, 0.717) is 38.1 Å². The molecule has 2 amide bonds. The highest BCUT2D eigenvalue weighted by Gasteiger charge is 2.32. The van der Waals surface area contributed by atoms with Crippen LogP contribution in [-0.2, 0) is 19.1 Å². The molecule has 0 radical (unpaired) electrons. The van der Waals surface area contributed by atoms with E-state index in [9.17, 15) is 14.4 Å². The number of hydrogen-bond acceptors (Lipinski definition) is 7. The fraction of sp³-hybridized carbons (Fsp3) is 0.684. The first kappa shape index (κ1) is 21.7. The van der Waals surface area contributed by atoms with Gasteiger partial charge >= 0.3 is 12.1 Å². The first-order chi connectivity index (χ1) is 13.1. The zero-order chi connectivity index (χ0) is 20.9. The number of rotatable bonds is 5. The smallest absolute Gasteiger partial charge is 0.410 e. The summed E-state index contributed by atoms with van der Waals surface area (Å²) >= 11 is 0. The molecule has 0 aliphatic carbocycles. The Kier molecular flexibility index (Phi) is 7.04. The topological polar surface area (TPSA) is 111 Å². The van der Waals surface area contributed by atoms with E-state index in [-0.39, 0.29) is 17.8 Å². The third-order valence-electron chi connectivity index (χ3n) is 4.28. The summed E-state index contributed by atoms with van der Waals surface area (Å²) < 4.78 is 15.7. The van der Waals surface area contributed by atoms with Gasteiger partial charge in [0.25, 0.3) is 5.91 Å². The largest absolute Gasteiger partial charge is 0.452 e. The monoisotopic (exact) mass is 395 g/mol. The minimum absolute atomic E-state index is 0.280. The number of nitrogens with one attached hydrogen (secondary N) is 1. The Morgan fingerprint density at radius 3 is 2.46 bits per heavy atom. The van der Waals surface area contributed by atoms with Gasteiger partial charge in [0.05, 0.1) is 5.92 Å². The predicted octanol–water partition coefficient (Wildman–Crippen LogP) is 2.89. The van der Waals surface area contributed by atoms with Crippen LogP contribution in [0.2, 0.25) is 0 Å². The number of nitrogens with zero attached hydrogens (tertiary/aromatic N) is 2. The molecule has 1 aromatic heterocycles. The van der Waals surface area contributed by atoms with Gasteiger partial charge in [0, 0.05) is 19.2 Å². The molecule has 2 heterocycles. The van der Waals surface area contributed by atoms with E-state index in [2.05, 4.69) is 10.5 Å². The molecule has 0 bridgehead atoms. The van der Waals surface area contributed by atoms with Crippen LogP contribution in [0.4, 0.5) is 10.6 Å². The summed E-state index contributed by atoms with van der Waals surface area (Å²) in [6, 6.07) is 1.58. The van der Waals surface area contributed by atoms with Crippen molar-refractivity contribution in [2.45, 2.75) is 65.6 Å². The van der Waals surface area contributed by atoms with Crippen molar-refractivity contribution in [1.82, 2.24) is 10.1 Å². The zero-order valence-electron chi connectivity index (χ0n) is 17.1. The lowest BCUT2D eigenvalue weighted by Crippen LogP contribution is -2.44. The molecule has 1 aromatic rings. The number of amides is 2. The minimum Gasteiger partial charge on any atom is -0.452 e. The van der Waals surface area contributed by atoms with Crippen molar-refractivity contribution in [3.05, 3.63) is 11.8 Å². The van der Waals surface area contributed by atoms with E-state index in [1.807, 2.05) is 20.8 Å². The molecule has 0 saturated carbocycles. The maximum atomic E-state index is 12.5. The van der Waals surface area contributed by atoms with E-state index < -0.39 is 23.6 Å². The Bertz CT molecular complexity index is 701. The summed E-state index contributed by atoms with van der Waals surface area (Å²) in [5.41, 5.74) is -0.559. The molecule has 9 heteroatoms. The van der Waals surface area contributed by atoms with Crippen LogP contribution in [0.3, 0.4) is 0 Å². The molecule has 156 valence electrons. The minimum atomic E-state index is -0.909. The highest BCUT2D eigenvalue weighted by atomic mass is 16.6. The molecule has 1 atom stereocenters. The van der Waals surface area contributed by atoms with E-state index in [4.69, 9.17) is 14.0 Å². The van der Waals surface area contributed by atoms with Crippen LogP contribution in [0.1, 0.15) is 52.7 Å². The van der Waals surface area contributed by atoms with E-state index in [1.54, 1.807) is 24.8 Å². The average Bonchev–Trinajstić information content (AvgIpc) is 3.02. The SMILES string of the molecule is CCC(OC(=O)C1CCN(C(=O)OC(C)(C)C)CC1)C(=O)Nc1cc(C)on1. The number of aryl methyl sites for hydroxylation is 1. The van der Waals surface area contributed by atoms with Crippen molar-refractivity contribution in [2.24, 2.45) is 5.92 Å². The predicted molar refractivity (Wildman–Crippen MR) is 101 cm³/mol. The van der Waals surface area contributed by atoms with Crippen LogP contribution in [-0.4, -0.2) is 52.8 Å². The van der Waals surface area contributed by atoms with Gasteiger partial charge in [0.2, 0.25) is 0 Å². The van der Waals surface area contributed by atoms with Gasteiger partial charge in [0.1, 0.15) is 11.4 Å². The van der Waals surface area contributed by atoms with Gasteiger partial charge in [0.15, 0.2) is 11.9 Å². The number of ether oxygens (including phenoxy) is 2. The molecular formula is C19H29N3O6. The van der Waals surface area contributed by atoms with Crippen LogP contribution in [0.5, 0.6) is 0 Å². The van der Waals surface area contributed by atoms with E-state index >= 15 is 0 Å². The van der Waals surface area contributed by atoms with Gasteiger partial charge in [-0.3, -0.25) is 9.59 Å². The second kappa shape index (κ2) is 9.07. The summed E-state index contributed by atoms with van der Waals surface area (Å²) in [6.07, 6.45) is -0.0102. The van der Waals surface area contributed by atoms with Gasteiger partial charge in [-0.25, -0.2) is 4.79 Å². The fourth-order valence-electron chi connectivity index (χ4n) is 2.81. The number of anilines is 1. The number of carbonyl (C=O) groups excluding carboxylic acids is 3. The lowest BCUT2D eigenvalue weighted by atomic mass is 9.97. The van der Waals surface area contributed by atoms with E-state index in [0.717, 1.165) is 0 Å². The van der Waals surface area contributed by atoms with Gasteiger partial charge in [-0.2, -0.15) is 0 Å². The van der Waals surface area contributed by atoms with Crippen molar-refractivity contribution < 1.29 is 28.4 Å². The molecule has 28 heavy (non-hydrogen) atoms. The summed E-state index contributed by atoms with van der Waals surface area (Å²) in [5, 5.41) is 6.27. The summed E-state index contributed by atoms with van der Waals surface area (Å²) in [6.45, 7) is 9.73. The second-order valence-electron chi connectivity index (χ2n) is 7.89. The number of likely N-dealkylation sites (tertiary alicyclic amines) is 1. The molecular weight excluding hydrogens is 366 g/mol. The Morgan fingerprint density at radius 1 is 1.32 bits per heavy atom. The normalized spacial score (nSPS) is 16.4. The van der Waals surface area contributed by atoms with Crippen LogP contribution < -0.4 is 5.32 Å². The molecule has 0 spiro atoms. The van der Waals surface area contributed by atoms with Crippen molar-refractivity contribution in [1.29, 1.82) is 0 Å². The standard InChI is InChI=1S/C19H29N3O6/c1-6-14(16(23)20-15-11-12(2)28-21-15)26-17(24)13-7-9-22(10-8-13)18(25)27-19(3,4)5/h11,13-14H,6-10H2,1-5H3,(H,20,21,23). The van der Waals surface area contributed by atoms with Crippen LogP contribution in [0.15, 0.2) is 10.6 Å². The Morgan fingerprint density at radius 2 is 1.96 bits per heavy atom. The number of aromatic nitrogens is 1. The third-order valence-corrected chi connectivity index (χ3v) is 4.28. The number of carbonyl (C=O) groups is 3. The first-order valence-corrected chi connectivity index (χ1v) is 9.51. The summed E-state index contributed by atoms with van der Waals surface area (Å²) in [7, 11) is 0. The molecule has 2 rings (SSSR count). The van der Waals surface area contributed by atoms with Gasteiger partial charge < -0.3 is 24.2 Å². The molecule has 1 N–H and O–H groups in total. The highest BCUT2D eigenvalue weighted by Crippen LogP contribution is 2.22. The Hall–Kier alpha value is -2.58. The van der Waals surface area contributed by atoms with Crippen molar-refractivity contribution in [2.75, 3.05) is 18.4 Å². The Labute approximate surface area is 164 Å². The number of esters is 1. The highest BCUT2D eigenvalue weighted by molar-refractivity contribution is 5.94. The lowest BCUT2D eigenvalue weighted by Gasteiger charge is -2.33. The van der Waals surface area contributed by atoms with Crippen LogP contribution >= 0.6 is 0 Å². The van der Waals surface area contributed by atoms with Crippen LogP contribution in [0, 0.1) is 12.8 Å². The molecule has 1 aliphatic heterocycles. The fourth-order valence-corrected chi connectivity index (χ4v) is 2.81. The lowest BCUT2D eigenvalue weighted by molar-refractivity contribution is -0.159. The second-order valence-corrected chi connectivity index (χ2v) is 7.89. The molecule has 9 nitrogen and oxygen atoms in total. The molecule has 1 fully saturated rings. The van der Waals surface area contributed by atoms with Gasteiger partial charge in [-0.05, 0) is 47.0 Å². The maximum absolute atomic E-state index is 12.5. The van der Waals surface area contributed by atoms with E-state index in [1.165, 1.54) is 0 Å². The van der Waals surface area contributed by atoms with Crippen molar-refractivity contribution in [3.63, 3.8) is 0 Å². The quantitative estimate of drug-likeness (QED) is 0.763. The van der Waals surface area contributed by atoms with Gasteiger partial charge in [-0.1, -0.05) is 12.1 Å². The summed E-state index contributed by atoms with van der Waals surface area (Å²) in [4.78, 5) is 38.5. The molecule has 0 aromatic carbocycles. The third kappa shape index (κ3) is 6.24. The average molecular weight is 395 g/mol. The van der Waals surface area contributed by atoms with Crippen molar-refractivity contribution >= 4 is 23.8 Å². The van der Waals surface area contributed by atoms with Gasteiger partial charge in [-0.15, -0.1) is 0 Å². The maximum Gasteiger partial charge on any atom is 0.410 e.